The van der Waals surface area contributed by atoms with E-state index in [0.717, 1.165) is 31.3 Å². The number of carbonyl (C=O) groups excluding carboxylic acids is 1. The molecule has 0 aromatic carbocycles. The zero-order valence-corrected chi connectivity index (χ0v) is 12.6. The van der Waals surface area contributed by atoms with Gasteiger partial charge in [0.25, 0.3) is 0 Å². The van der Waals surface area contributed by atoms with Gasteiger partial charge in [0.2, 0.25) is 5.91 Å². The largest absolute Gasteiger partial charge is 0.345 e. The first-order chi connectivity index (χ1) is 8.89. The Kier molecular flexibility index (Phi) is 4.10. The lowest BCUT2D eigenvalue weighted by molar-refractivity contribution is -0.135. The predicted octanol–water partition coefficient (Wildman–Crippen LogP) is 1.17. The molecule has 0 aliphatic carbocycles. The van der Waals surface area contributed by atoms with Crippen LogP contribution in [0.5, 0.6) is 0 Å². The molecule has 1 aliphatic heterocycles. The molecule has 106 valence electrons. The van der Waals surface area contributed by atoms with Crippen molar-refractivity contribution in [3.63, 3.8) is 0 Å². The summed E-state index contributed by atoms with van der Waals surface area (Å²) in [7, 11) is 0. The number of rotatable bonds is 2. The van der Waals surface area contributed by atoms with Crippen molar-refractivity contribution in [2.24, 2.45) is 11.1 Å². The van der Waals surface area contributed by atoms with Crippen molar-refractivity contribution in [2.45, 2.75) is 26.8 Å². The third-order valence-corrected chi connectivity index (χ3v) is 4.31. The smallest absolute Gasteiger partial charge is 0.240 e. The first-order valence-electron chi connectivity index (χ1n) is 6.58. The van der Waals surface area contributed by atoms with Crippen LogP contribution >= 0.6 is 11.3 Å². The molecule has 0 bridgehead atoms. The molecule has 5 nitrogen and oxygen atoms in total. The van der Waals surface area contributed by atoms with E-state index in [4.69, 9.17) is 5.73 Å². The van der Waals surface area contributed by atoms with Crippen LogP contribution in [0.25, 0.3) is 0 Å². The van der Waals surface area contributed by atoms with Gasteiger partial charge < -0.3 is 15.5 Å². The van der Waals surface area contributed by atoms with Crippen molar-refractivity contribution in [1.82, 2.24) is 9.88 Å². The van der Waals surface area contributed by atoms with Gasteiger partial charge in [-0.15, -0.1) is 11.3 Å². The van der Waals surface area contributed by atoms with Crippen LogP contribution in [-0.2, 0) is 4.79 Å². The number of amides is 1. The first kappa shape index (κ1) is 14.3. The second kappa shape index (κ2) is 5.46. The molecule has 2 N–H and O–H groups in total. The monoisotopic (exact) mass is 282 g/mol. The fourth-order valence-electron chi connectivity index (χ4n) is 2.06. The number of aromatic nitrogens is 1. The average Bonchev–Trinajstić information content (AvgIpc) is 2.90. The van der Waals surface area contributed by atoms with Gasteiger partial charge in [-0.2, -0.15) is 0 Å². The number of thiazole rings is 1. The van der Waals surface area contributed by atoms with Crippen LogP contribution in [-0.4, -0.2) is 48.0 Å². The Balaban J connectivity index is 1.91. The van der Waals surface area contributed by atoms with Crippen molar-refractivity contribution >= 4 is 22.4 Å². The second-order valence-electron chi connectivity index (χ2n) is 5.97. The summed E-state index contributed by atoms with van der Waals surface area (Å²) in [5.41, 5.74) is 5.85. The lowest BCUT2D eigenvalue weighted by Crippen LogP contribution is -2.56. The molecule has 1 fully saturated rings. The SMILES string of the molecule is CC(C)(C)C(N)C(=O)N1CCN(c2nccs2)CC1. The van der Waals surface area contributed by atoms with Gasteiger partial charge in [-0.3, -0.25) is 4.79 Å². The van der Waals surface area contributed by atoms with E-state index in [2.05, 4.69) is 9.88 Å². The van der Waals surface area contributed by atoms with Crippen LogP contribution in [0.3, 0.4) is 0 Å². The number of anilines is 1. The predicted molar refractivity (Wildman–Crippen MR) is 78.3 cm³/mol. The third-order valence-electron chi connectivity index (χ3n) is 3.48. The van der Waals surface area contributed by atoms with Gasteiger partial charge >= 0.3 is 0 Å². The molecule has 0 spiro atoms. The third kappa shape index (κ3) is 3.25. The molecule has 2 rings (SSSR count). The lowest BCUT2D eigenvalue weighted by Gasteiger charge is -2.38. The summed E-state index contributed by atoms with van der Waals surface area (Å²) in [5.74, 6) is 0.0614. The zero-order valence-electron chi connectivity index (χ0n) is 11.8. The Bertz CT molecular complexity index is 418. The molecule has 6 heteroatoms. The standard InChI is InChI=1S/C13H22N4OS/c1-13(2,3)10(14)11(18)16-5-7-17(8-6-16)12-15-4-9-19-12/h4,9-10H,5-8,14H2,1-3H3. The van der Waals surface area contributed by atoms with Gasteiger partial charge in [-0.25, -0.2) is 4.98 Å². The first-order valence-corrected chi connectivity index (χ1v) is 7.46. The summed E-state index contributed by atoms with van der Waals surface area (Å²) in [6, 6.07) is -0.432. The summed E-state index contributed by atoms with van der Waals surface area (Å²) >= 11 is 1.64. The van der Waals surface area contributed by atoms with Crippen LogP contribution in [0, 0.1) is 5.41 Å². The van der Waals surface area contributed by atoms with Gasteiger partial charge in [0.15, 0.2) is 5.13 Å². The molecule has 1 atom stereocenters. The van der Waals surface area contributed by atoms with Crippen LogP contribution in [0.2, 0.25) is 0 Å². The minimum absolute atomic E-state index is 0.0614. The van der Waals surface area contributed by atoms with Crippen molar-refractivity contribution in [3.05, 3.63) is 11.6 Å². The Hall–Kier alpha value is -1.14. The molecular weight excluding hydrogens is 260 g/mol. The molecule has 1 aliphatic rings. The maximum Gasteiger partial charge on any atom is 0.240 e. The van der Waals surface area contributed by atoms with E-state index >= 15 is 0 Å². The van der Waals surface area contributed by atoms with E-state index in [9.17, 15) is 4.79 Å². The summed E-state index contributed by atoms with van der Waals surface area (Å²) < 4.78 is 0. The van der Waals surface area contributed by atoms with Gasteiger partial charge in [0.1, 0.15) is 0 Å². The summed E-state index contributed by atoms with van der Waals surface area (Å²) in [6.07, 6.45) is 1.81. The summed E-state index contributed by atoms with van der Waals surface area (Å²) in [6.45, 7) is 9.11. The maximum absolute atomic E-state index is 12.3. The molecule has 2 heterocycles. The van der Waals surface area contributed by atoms with Crippen molar-refractivity contribution in [3.8, 4) is 0 Å². The Morgan fingerprint density at radius 1 is 1.37 bits per heavy atom. The molecule has 1 aromatic rings. The van der Waals surface area contributed by atoms with Crippen molar-refractivity contribution in [1.29, 1.82) is 0 Å². The van der Waals surface area contributed by atoms with E-state index in [1.54, 1.807) is 11.3 Å². The number of hydrogen-bond donors (Lipinski definition) is 1. The number of carbonyl (C=O) groups is 1. The normalized spacial score (nSPS) is 18.5. The number of hydrogen-bond acceptors (Lipinski definition) is 5. The fraction of sp³-hybridized carbons (Fsp3) is 0.692. The van der Waals surface area contributed by atoms with E-state index in [-0.39, 0.29) is 11.3 Å². The van der Waals surface area contributed by atoms with Gasteiger partial charge in [0.05, 0.1) is 6.04 Å². The van der Waals surface area contributed by atoms with Gasteiger partial charge in [0, 0.05) is 37.8 Å². The Morgan fingerprint density at radius 3 is 2.47 bits per heavy atom. The maximum atomic E-state index is 12.3. The van der Waals surface area contributed by atoms with Crippen LogP contribution < -0.4 is 10.6 Å². The Labute approximate surface area is 118 Å². The van der Waals surface area contributed by atoms with Crippen LogP contribution in [0.1, 0.15) is 20.8 Å². The highest BCUT2D eigenvalue weighted by Crippen LogP contribution is 2.22. The minimum Gasteiger partial charge on any atom is -0.345 e. The summed E-state index contributed by atoms with van der Waals surface area (Å²) in [5, 5.41) is 3.01. The molecular formula is C13H22N4OS. The zero-order chi connectivity index (χ0) is 14.0. The van der Waals surface area contributed by atoms with E-state index < -0.39 is 6.04 Å². The van der Waals surface area contributed by atoms with E-state index in [0.29, 0.717) is 0 Å². The average molecular weight is 282 g/mol. The quantitative estimate of drug-likeness (QED) is 0.884. The number of nitrogens with zero attached hydrogens (tertiary/aromatic N) is 3. The van der Waals surface area contributed by atoms with Crippen molar-refractivity contribution in [2.75, 3.05) is 31.1 Å². The molecule has 1 amide bonds. The van der Waals surface area contributed by atoms with E-state index in [1.807, 2.05) is 37.2 Å². The highest BCUT2D eigenvalue weighted by Gasteiger charge is 2.32. The molecule has 1 aromatic heterocycles. The molecule has 19 heavy (non-hydrogen) atoms. The van der Waals surface area contributed by atoms with Gasteiger partial charge in [-0.1, -0.05) is 20.8 Å². The molecule has 0 radical (unpaired) electrons. The molecule has 1 saturated heterocycles. The van der Waals surface area contributed by atoms with Crippen LogP contribution in [0.4, 0.5) is 5.13 Å². The van der Waals surface area contributed by atoms with Gasteiger partial charge in [-0.05, 0) is 5.41 Å². The highest BCUT2D eigenvalue weighted by molar-refractivity contribution is 7.13. The molecule has 1 unspecified atom stereocenters. The second-order valence-corrected chi connectivity index (χ2v) is 6.84. The Morgan fingerprint density at radius 2 is 2.00 bits per heavy atom. The van der Waals surface area contributed by atoms with Crippen LogP contribution in [0.15, 0.2) is 11.6 Å². The minimum atomic E-state index is -0.432. The number of piperazine rings is 1. The highest BCUT2D eigenvalue weighted by atomic mass is 32.1. The molecule has 0 saturated carbocycles. The fourth-order valence-corrected chi connectivity index (χ4v) is 2.75. The van der Waals surface area contributed by atoms with E-state index in [1.165, 1.54) is 0 Å². The summed E-state index contributed by atoms with van der Waals surface area (Å²) in [4.78, 5) is 20.7. The lowest BCUT2D eigenvalue weighted by atomic mass is 9.86. The topological polar surface area (TPSA) is 62.5 Å². The van der Waals surface area contributed by atoms with Crippen molar-refractivity contribution < 1.29 is 4.79 Å². The number of nitrogens with two attached hydrogens (primary N) is 1.